The van der Waals surface area contributed by atoms with E-state index in [1.165, 1.54) is 25.7 Å². The lowest BCUT2D eigenvalue weighted by Crippen LogP contribution is -2.50. The summed E-state index contributed by atoms with van der Waals surface area (Å²) >= 11 is 0. The summed E-state index contributed by atoms with van der Waals surface area (Å²) in [6, 6.07) is 0.705. The Kier molecular flexibility index (Phi) is 2.30. The predicted molar refractivity (Wildman–Crippen MR) is 46.8 cm³/mol. The number of hydrogen-bond acceptors (Lipinski definition) is 2. The second kappa shape index (κ2) is 3.44. The highest BCUT2D eigenvalue weighted by Gasteiger charge is 2.26. The van der Waals surface area contributed by atoms with Gasteiger partial charge in [-0.15, -0.1) is 0 Å². The molecule has 2 aliphatic rings. The molecule has 1 amide bonds. The molecule has 0 unspecified atom stereocenters. The highest BCUT2D eigenvalue weighted by Crippen LogP contribution is 2.23. The lowest BCUT2D eigenvalue weighted by atomic mass is 10.2. The predicted octanol–water partition coefficient (Wildman–Crippen LogP) is 0.361. The maximum absolute atomic E-state index is 11.1. The van der Waals surface area contributed by atoms with Crippen molar-refractivity contribution in [1.82, 2.24) is 10.2 Å². The molecule has 2 rings (SSSR count). The maximum Gasteiger partial charge on any atom is 0.234 e. The third-order valence-electron chi connectivity index (χ3n) is 2.91. The van der Waals surface area contributed by atoms with E-state index in [9.17, 15) is 4.79 Å². The van der Waals surface area contributed by atoms with Crippen molar-refractivity contribution < 1.29 is 4.79 Å². The van der Waals surface area contributed by atoms with Crippen LogP contribution in [0.4, 0.5) is 0 Å². The standard InChI is InChI=1S/C9H16N2O/c12-9-7-11(6-5-10-9)8-3-1-2-4-8/h8H,1-7H2,(H,10,12). The molecule has 0 aromatic rings. The molecule has 1 saturated carbocycles. The van der Waals surface area contributed by atoms with Gasteiger partial charge in [0.2, 0.25) is 5.91 Å². The van der Waals surface area contributed by atoms with Gasteiger partial charge in [0.15, 0.2) is 0 Å². The van der Waals surface area contributed by atoms with E-state index in [0.29, 0.717) is 12.6 Å². The summed E-state index contributed by atoms with van der Waals surface area (Å²) in [4.78, 5) is 13.4. The van der Waals surface area contributed by atoms with Crippen molar-refractivity contribution in [2.75, 3.05) is 19.6 Å². The molecule has 0 aromatic carbocycles. The van der Waals surface area contributed by atoms with E-state index in [-0.39, 0.29) is 5.91 Å². The van der Waals surface area contributed by atoms with Crippen LogP contribution in [0.25, 0.3) is 0 Å². The van der Waals surface area contributed by atoms with Gasteiger partial charge in [-0.2, -0.15) is 0 Å². The quantitative estimate of drug-likeness (QED) is 0.613. The number of carbonyl (C=O) groups excluding carboxylic acids is 1. The molecule has 0 bridgehead atoms. The van der Waals surface area contributed by atoms with Gasteiger partial charge >= 0.3 is 0 Å². The average molecular weight is 168 g/mol. The normalized spacial score (nSPS) is 27.5. The molecule has 1 N–H and O–H groups in total. The maximum atomic E-state index is 11.1. The molecule has 1 aliphatic heterocycles. The molecular weight excluding hydrogens is 152 g/mol. The zero-order valence-electron chi connectivity index (χ0n) is 7.38. The molecule has 12 heavy (non-hydrogen) atoms. The second-order valence-electron chi connectivity index (χ2n) is 3.76. The number of nitrogens with zero attached hydrogens (tertiary/aromatic N) is 1. The van der Waals surface area contributed by atoms with E-state index >= 15 is 0 Å². The molecule has 2 fully saturated rings. The minimum absolute atomic E-state index is 0.202. The lowest BCUT2D eigenvalue weighted by molar-refractivity contribution is -0.124. The van der Waals surface area contributed by atoms with Crippen LogP contribution in [0.5, 0.6) is 0 Å². The molecule has 0 aromatic heterocycles. The molecule has 1 aliphatic carbocycles. The summed E-state index contributed by atoms with van der Waals surface area (Å²) < 4.78 is 0. The van der Waals surface area contributed by atoms with E-state index in [0.717, 1.165) is 13.1 Å². The van der Waals surface area contributed by atoms with Crippen LogP contribution < -0.4 is 5.32 Å². The topological polar surface area (TPSA) is 32.3 Å². The van der Waals surface area contributed by atoms with E-state index < -0.39 is 0 Å². The number of carbonyl (C=O) groups is 1. The molecule has 1 saturated heterocycles. The van der Waals surface area contributed by atoms with Gasteiger partial charge in [-0.05, 0) is 12.8 Å². The number of piperazine rings is 1. The van der Waals surface area contributed by atoms with Crippen molar-refractivity contribution in [1.29, 1.82) is 0 Å². The molecule has 0 atom stereocenters. The summed E-state index contributed by atoms with van der Waals surface area (Å²) in [5.74, 6) is 0.202. The third kappa shape index (κ3) is 1.61. The SMILES string of the molecule is O=C1CN(C2CCCC2)CCN1. The fraction of sp³-hybridized carbons (Fsp3) is 0.889. The fourth-order valence-electron chi connectivity index (χ4n) is 2.24. The first kappa shape index (κ1) is 8.05. The molecule has 3 nitrogen and oxygen atoms in total. The zero-order chi connectivity index (χ0) is 8.39. The first-order valence-electron chi connectivity index (χ1n) is 4.87. The Morgan fingerprint density at radius 2 is 2.08 bits per heavy atom. The number of nitrogens with one attached hydrogen (secondary N) is 1. The first-order chi connectivity index (χ1) is 5.86. The lowest BCUT2D eigenvalue weighted by Gasteiger charge is -2.31. The van der Waals surface area contributed by atoms with E-state index in [4.69, 9.17) is 0 Å². The first-order valence-corrected chi connectivity index (χ1v) is 4.87. The molecule has 0 radical (unpaired) electrons. The van der Waals surface area contributed by atoms with Crippen molar-refractivity contribution in [3.63, 3.8) is 0 Å². The Bertz CT molecular complexity index is 175. The zero-order valence-corrected chi connectivity index (χ0v) is 7.38. The molecule has 1 heterocycles. The highest BCUT2D eigenvalue weighted by atomic mass is 16.2. The Morgan fingerprint density at radius 1 is 1.33 bits per heavy atom. The summed E-state index contributed by atoms with van der Waals surface area (Å²) in [5, 5.41) is 2.85. The number of hydrogen-bond donors (Lipinski definition) is 1. The molecule has 0 spiro atoms. The smallest absolute Gasteiger partial charge is 0.234 e. The van der Waals surface area contributed by atoms with Gasteiger partial charge in [-0.1, -0.05) is 12.8 Å². The van der Waals surface area contributed by atoms with Crippen LogP contribution in [-0.2, 0) is 4.79 Å². The highest BCUT2D eigenvalue weighted by molar-refractivity contribution is 5.78. The Labute approximate surface area is 73.1 Å². The van der Waals surface area contributed by atoms with E-state index in [1.54, 1.807) is 0 Å². The van der Waals surface area contributed by atoms with Crippen LogP contribution in [0.1, 0.15) is 25.7 Å². The average Bonchev–Trinajstić information content (AvgIpc) is 2.56. The van der Waals surface area contributed by atoms with Crippen molar-refractivity contribution >= 4 is 5.91 Å². The van der Waals surface area contributed by atoms with Crippen molar-refractivity contribution in [3.05, 3.63) is 0 Å². The van der Waals surface area contributed by atoms with Crippen LogP contribution in [0.15, 0.2) is 0 Å². The van der Waals surface area contributed by atoms with E-state index in [1.807, 2.05) is 0 Å². The number of rotatable bonds is 1. The van der Waals surface area contributed by atoms with Gasteiger partial charge in [0, 0.05) is 19.1 Å². The van der Waals surface area contributed by atoms with Crippen LogP contribution in [-0.4, -0.2) is 36.5 Å². The Hall–Kier alpha value is -0.570. The monoisotopic (exact) mass is 168 g/mol. The van der Waals surface area contributed by atoms with Gasteiger partial charge in [0.05, 0.1) is 6.54 Å². The van der Waals surface area contributed by atoms with Crippen LogP contribution >= 0.6 is 0 Å². The summed E-state index contributed by atoms with van der Waals surface area (Å²) in [7, 11) is 0. The van der Waals surface area contributed by atoms with Crippen molar-refractivity contribution in [2.45, 2.75) is 31.7 Å². The minimum atomic E-state index is 0.202. The number of amides is 1. The third-order valence-corrected chi connectivity index (χ3v) is 2.91. The summed E-state index contributed by atoms with van der Waals surface area (Å²) in [6.07, 6.45) is 5.30. The van der Waals surface area contributed by atoms with Gasteiger partial charge in [0.1, 0.15) is 0 Å². The van der Waals surface area contributed by atoms with Gasteiger partial charge < -0.3 is 5.32 Å². The van der Waals surface area contributed by atoms with Gasteiger partial charge in [-0.3, -0.25) is 9.69 Å². The van der Waals surface area contributed by atoms with Crippen LogP contribution in [0.2, 0.25) is 0 Å². The van der Waals surface area contributed by atoms with Gasteiger partial charge in [-0.25, -0.2) is 0 Å². The largest absolute Gasteiger partial charge is 0.354 e. The second-order valence-corrected chi connectivity index (χ2v) is 3.76. The molecule has 68 valence electrons. The van der Waals surface area contributed by atoms with Crippen molar-refractivity contribution in [2.24, 2.45) is 0 Å². The summed E-state index contributed by atoms with van der Waals surface area (Å²) in [5.41, 5.74) is 0. The van der Waals surface area contributed by atoms with Gasteiger partial charge in [0.25, 0.3) is 0 Å². The molecule has 3 heteroatoms. The van der Waals surface area contributed by atoms with Crippen LogP contribution in [0.3, 0.4) is 0 Å². The summed E-state index contributed by atoms with van der Waals surface area (Å²) in [6.45, 7) is 2.52. The Balaban J connectivity index is 1.89. The Morgan fingerprint density at radius 3 is 2.75 bits per heavy atom. The minimum Gasteiger partial charge on any atom is -0.354 e. The molecular formula is C9H16N2O. The van der Waals surface area contributed by atoms with Crippen molar-refractivity contribution in [3.8, 4) is 0 Å². The van der Waals surface area contributed by atoms with E-state index in [2.05, 4.69) is 10.2 Å². The fourth-order valence-corrected chi connectivity index (χ4v) is 2.24. The van der Waals surface area contributed by atoms with Crippen LogP contribution in [0, 0.1) is 0 Å².